The molecule has 0 saturated carbocycles. The Morgan fingerprint density at radius 2 is 1.76 bits per heavy atom. The van der Waals surface area contributed by atoms with E-state index >= 15 is 0 Å². The maximum atomic E-state index is 12.1. The minimum absolute atomic E-state index is 0. The number of hydrogen-bond acceptors (Lipinski definition) is 3. The highest BCUT2D eigenvalue weighted by Crippen LogP contribution is 2.31. The molecule has 1 amide bonds. The average Bonchev–Trinajstić information content (AvgIpc) is 2.85. The van der Waals surface area contributed by atoms with E-state index in [0.717, 1.165) is 40.6 Å². The Morgan fingerprint density at radius 3 is 2.59 bits per heavy atom. The van der Waals surface area contributed by atoms with E-state index in [9.17, 15) is 4.79 Å². The smallest absolute Gasteiger partial charge is 0.225 e. The van der Waals surface area contributed by atoms with Gasteiger partial charge in [0.1, 0.15) is 12.4 Å². The van der Waals surface area contributed by atoms with Crippen LogP contribution in [0.25, 0.3) is 0 Å². The molecule has 34 heavy (non-hydrogen) atoms. The van der Waals surface area contributed by atoms with Gasteiger partial charge in [-0.05, 0) is 41.8 Å². The third-order valence-corrected chi connectivity index (χ3v) is 5.53. The van der Waals surface area contributed by atoms with E-state index in [2.05, 4.69) is 40.2 Å². The molecule has 7 heteroatoms. The van der Waals surface area contributed by atoms with Crippen molar-refractivity contribution in [1.29, 1.82) is 0 Å². The van der Waals surface area contributed by atoms with Crippen molar-refractivity contribution in [3.63, 3.8) is 0 Å². The predicted octanol–water partition coefficient (Wildman–Crippen LogP) is 5.06. The van der Waals surface area contributed by atoms with Gasteiger partial charge in [0.15, 0.2) is 5.96 Å². The van der Waals surface area contributed by atoms with Crippen LogP contribution < -0.4 is 20.7 Å². The summed E-state index contributed by atoms with van der Waals surface area (Å²) in [6.45, 7) is 4.52. The lowest BCUT2D eigenvalue weighted by atomic mass is 9.90. The van der Waals surface area contributed by atoms with Crippen molar-refractivity contribution in [2.75, 3.05) is 18.4 Å². The molecule has 1 atom stereocenters. The van der Waals surface area contributed by atoms with Crippen LogP contribution in [-0.4, -0.2) is 25.0 Å². The largest absolute Gasteiger partial charge is 0.489 e. The summed E-state index contributed by atoms with van der Waals surface area (Å²) in [6, 6.07) is 26.1. The van der Waals surface area contributed by atoms with E-state index in [1.165, 1.54) is 0 Å². The lowest BCUT2D eigenvalue weighted by molar-refractivity contribution is -0.116. The number of fused-ring (bicyclic) bond motifs is 1. The van der Waals surface area contributed by atoms with Crippen molar-refractivity contribution in [3.8, 4) is 5.75 Å². The standard InChI is InChI=1S/C27H30N4O2.HI/c1-2-28-27(30-18-22-16-26(32)31-25-14-7-6-13-24(22)25)29-17-20-9-8-10-21(15-20)19-33-23-11-4-3-5-12-23;/h3-15,22H,2,16-19H2,1H3,(H,31,32)(H2,28,29,30);1H. The van der Waals surface area contributed by atoms with Gasteiger partial charge in [-0.15, -0.1) is 24.0 Å². The van der Waals surface area contributed by atoms with Crippen LogP contribution in [0.15, 0.2) is 83.9 Å². The molecule has 6 nitrogen and oxygen atoms in total. The molecule has 1 unspecified atom stereocenters. The van der Waals surface area contributed by atoms with Gasteiger partial charge < -0.3 is 20.7 Å². The molecule has 178 valence electrons. The number of nitrogens with one attached hydrogen (secondary N) is 3. The fourth-order valence-corrected chi connectivity index (χ4v) is 3.92. The molecule has 0 fully saturated rings. The Kier molecular flexibility index (Phi) is 9.75. The topological polar surface area (TPSA) is 74.8 Å². The second-order valence-electron chi connectivity index (χ2n) is 8.03. The number of ether oxygens (including phenoxy) is 1. The summed E-state index contributed by atoms with van der Waals surface area (Å²) in [7, 11) is 0. The highest BCUT2D eigenvalue weighted by molar-refractivity contribution is 14.0. The fourth-order valence-electron chi connectivity index (χ4n) is 3.92. The molecular weight excluding hydrogens is 539 g/mol. The van der Waals surface area contributed by atoms with Gasteiger partial charge in [-0.1, -0.05) is 60.7 Å². The van der Waals surface area contributed by atoms with E-state index in [1.54, 1.807) is 0 Å². The maximum absolute atomic E-state index is 12.1. The summed E-state index contributed by atoms with van der Waals surface area (Å²) in [5.41, 5.74) is 4.28. The van der Waals surface area contributed by atoms with Gasteiger partial charge in [-0.25, -0.2) is 4.99 Å². The van der Waals surface area contributed by atoms with Crippen LogP contribution in [0.4, 0.5) is 5.69 Å². The van der Waals surface area contributed by atoms with Crippen LogP contribution in [0.5, 0.6) is 5.75 Å². The number of nitrogens with zero attached hydrogens (tertiary/aromatic N) is 1. The first kappa shape index (κ1) is 25.6. The Hall–Kier alpha value is -3.07. The van der Waals surface area contributed by atoms with Crippen molar-refractivity contribution >= 4 is 41.5 Å². The number of benzene rings is 3. The van der Waals surface area contributed by atoms with Gasteiger partial charge in [0, 0.05) is 31.1 Å². The van der Waals surface area contributed by atoms with Crippen molar-refractivity contribution in [2.24, 2.45) is 4.99 Å². The van der Waals surface area contributed by atoms with E-state index < -0.39 is 0 Å². The maximum Gasteiger partial charge on any atom is 0.225 e. The first-order valence-corrected chi connectivity index (χ1v) is 11.4. The van der Waals surface area contributed by atoms with Crippen LogP contribution in [0.1, 0.15) is 36.0 Å². The van der Waals surface area contributed by atoms with Gasteiger partial charge in [0.25, 0.3) is 0 Å². The zero-order valence-corrected chi connectivity index (χ0v) is 21.6. The Morgan fingerprint density at radius 1 is 1.00 bits per heavy atom. The van der Waals surface area contributed by atoms with Crippen LogP contribution in [0, 0.1) is 0 Å². The molecule has 0 bridgehead atoms. The lowest BCUT2D eigenvalue weighted by Crippen LogP contribution is -2.40. The zero-order chi connectivity index (χ0) is 22.9. The van der Waals surface area contributed by atoms with Crippen molar-refractivity contribution in [1.82, 2.24) is 10.6 Å². The van der Waals surface area contributed by atoms with Crippen LogP contribution in [0.2, 0.25) is 0 Å². The number of anilines is 1. The Labute approximate surface area is 218 Å². The molecular formula is C27H31IN4O2. The van der Waals surface area contributed by atoms with Crippen LogP contribution in [-0.2, 0) is 17.9 Å². The zero-order valence-electron chi connectivity index (χ0n) is 19.3. The number of guanidine groups is 1. The summed E-state index contributed by atoms with van der Waals surface area (Å²) in [5.74, 6) is 1.76. The second-order valence-corrected chi connectivity index (χ2v) is 8.03. The fraction of sp³-hybridized carbons (Fsp3) is 0.259. The van der Waals surface area contributed by atoms with E-state index in [1.807, 2.05) is 61.5 Å². The molecule has 0 aliphatic carbocycles. The molecule has 3 aromatic carbocycles. The quantitative estimate of drug-likeness (QED) is 0.201. The molecule has 4 rings (SSSR count). The third-order valence-electron chi connectivity index (χ3n) is 5.53. The number of rotatable bonds is 8. The number of carbonyl (C=O) groups excluding carboxylic acids is 1. The first-order valence-electron chi connectivity index (χ1n) is 11.4. The molecule has 0 radical (unpaired) electrons. The minimum atomic E-state index is 0. The predicted molar refractivity (Wildman–Crippen MR) is 148 cm³/mol. The van der Waals surface area contributed by atoms with E-state index in [-0.39, 0.29) is 35.8 Å². The number of para-hydroxylation sites is 2. The number of amides is 1. The summed E-state index contributed by atoms with van der Waals surface area (Å²) in [5, 5.41) is 9.67. The normalized spacial score (nSPS) is 14.9. The molecule has 3 N–H and O–H groups in total. The monoisotopic (exact) mass is 570 g/mol. The van der Waals surface area contributed by atoms with Crippen molar-refractivity contribution in [2.45, 2.75) is 32.4 Å². The lowest BCUT2D eigenvalue weighted by Gasteiger charge is -2.26. The SMILES string of the molecule is CCNC(=NCc1cccc(COc2ccccc2)c1)NCC1CC(=O)Nc2ccccc21.I. The van der Waals surface area contributed by atoms with Gasteiger partial charge in [-0.3, -0.25) is 4.79 Å². The summed E-state index contributed by atoms with van der Waals surface area (Å²) in [6.07, 6.45) is 0.465. The molecule has 0 spiro atoms. The number of halogens is 1. The molecule has 1 aliphatic rings. The van der Waals surface area contributed by atoms with Gasteiger partial charge in [-0.2, -0.15) is 0 Å². The summed E-state index contributed by atoms with van der Waals surface area (Å²) >= 11 is 0. The average molecular weight is 570 g/mol. The number of carbonyl (C=O) groups is 1. The summed E-state index contributed by atoms with van der Waals surface area (Å²) in [4.78, 5) is 16.9. The molecule has 1 aliphatic heterocycles. The summed E-state index contributed by atoms with van der Waals surface area (Å²) < 4.78 is 5.86. The number of hydrogen-bond donors (Lipinski definition) is 3. The van der Waals surface area contributed by atoms with Gasteiger partial charge in [0.05, 0.1) is 6.54 Å². The van der Waals surface area contributed by atoms with Crippen LogP contribution in [0.3, 0.4) is 0 Å². The molecule has 0 aromatic heterocycles. The molecule has 3 aromatic rings. The Bertz CT molecular complexity index is 1100. The minimum Gasteiger partial charge on any atom is -0.489 e. The van der Waals surface area contributed by atoms with Crippen molar-refractivity contribution < 1.29 is 9.53 Å². The van der Waals surface area contributed by atoms with Crippen LogP contribution >= 0.6 is 24.0 Å². The third kappa shape index (κ3) is 7.21. The highest BCUT2D eigenvalue weighted by Gasteiger charge is 2.24. The molecule has 0 saturated heterocycles. The first-order chi connectivity index (χ1) is 16.2. The number of aliphatic imine (C=N–C) groups is 1. The highest BCUT2D eigenvalue weighted by atomic mass is 127. The van der Waals surface area contributed by atoms with Gasteiger partial charge in [0.2, 0.25) is 5.91 Å². The van der Waals surface area contributed by atoms with Crippen molar-refractivity contribution in [3.05, 3.63) is 95.6 Å². The van der Waals surface area contributed by atoms with Gasteiger partial charge >= 0.3 is 0 Å². The second kappa shape index (κ2) is 13.0. The van der Waals surface area contributed by atoms with E-state index in [4.69, 9.17) is 9.73 Å². The Balaban J connectivity index is 0.00000324. The molecule has 1 heterocycles. The van der Waals surface area contributed by atoms with E-state index in [0.29, 0.717) is 26.1 Å².